The number of hydrogen-bond donors (Lipinski definition) is 2. The molecule has 0 amide bonds. The number of rotatable bonds is 4. The van der Waals surface area contributed by atoms with Crippen molar-refractivity contribution in [2.24, 2.45) is 0 Å². The molecule has 9 heavy (non-hydrogen) atoms. The molecule has 0 saturated heterocycles. The van der Waals surface area contributed by atoms with Gasteiger partial charge in [0.05, 0.1) is 25.2 Å². The molecule has 0 rings (SSSR count). The van der Waals surface area contributed by atoms with Crippen molar-refractivity contribution in [1.82, 2.24) is 5.48 Å². The van der Waals surface area contributed by atoms with Crippen molar-refractivity contribution in [3.63, 3.8) is 0 Å². The smallest absolute Gasteiger partial charge is 0.0951 e. The third-order valence-electron chi connectivity index (χ3n) is 0.747. The van der Waals surface area contributed by atoms with Gasteiger partial charge in [0, 0.05) is 7.05 Å². The van der Waals surface area contributed by atoms with E-state index in [1.165, 1.54) is 0 Å². The maximum absolute atomic E-state index is 8.79. The molecule has 1 atom stereocenters. The molecule has 0 aromatic heterocycles. The molecule has 0 aromatic carbocycles. The minimum atomic E-state index is -0.678. The van der Waals surface area contributed by atoms with Crippen molar-refractivity contribution in [2.45, 2.75) is 12.5 Å². The predicted octanol–water partition coefficient (Wildman–Crippen LogP) is -0.588. The predicted molar refractivity (Wildman–Crippen MR) is 31.2 cm³/mol. The van der Waals surface area contributed by atoms with Crippen LogP contribution in [0.15, 0.2) is 0 Å². The lowest BCUT2D eigenvalue weighted by atomic mass is 10.3. The Bertz CT molecular complexity index is 99.6. The summed E-state index contributed by atoms with van der Waals surface area (Å²) in [6.07, 6.45) is -0.566. The van der Waals surface area contributed by atoms with E-state index < -0.39 is 6.10 Å². The van der Waals surface area contributed by atoms with Gasteiger partial charge in [0.2, 0.25) is 0 Å². The quantitative estimate of drug-likeness (QED) is 0.499. The van der Waals surface area contributed by atoms with Crippen LogP contribution < -0.4 is 5.48 Å². The van der Waals surface area contributed by atoms with Gasteiger partial charge in [0.25, 0.3) is 0 Å². The third kappa shape index (κ3) is 5.24. The first-order valence-electron chi connectivity index (χ1n) is 2.64. The summed E-state index contributed by atoms with van der Waals surface area (Å²) in [5.41, 5.74) is 2.39. The SMILES string of the molecule is CNOC[C@H](O)CC#N. The Hall–Kier alpha value is -0.630. The van der Waals surface area contributed by atoms with E-state index in [-0.39, 0.29) is 13.0 Å². The fraction of sp³-hybridized carbons (Fsp3) is 0.800. The van der Waals surface area contributed by atoms with Gasteiger partial charge in [0.1, 0.15) is 0 Å². The Morgan fingerprint density at radius 1 is 1.89 bits per heavy atom. The highest BCUT2D eigenvalue weighted by atomic mass is 16.6. The zero-order chi connectivity index (χ0) is 7.11. The Morgan fingerprint density at radius 3 is 3.00 bits per heavy atom. The van der Waals surface area contributed by atoms with Crippen molar-refractivity contribution < 1.29 is 9.94 Å². The summed E-state index contributed by atoms with van der Waals surface area (Å²) in [5.74, 6) is 0. The van der Waals surface area contributed by atoms with E-state index in [2.05, 4.69) is 10.3 Å². The molecule has 52 valence electrons. The molecule has 0 unspecified atom stereocenters. The van der Waals surface area contributed by atoms with Crippen LogP contribution in [0.25, 0.3) is 0 Å². The van der Waals surface area contributed by atoms with Gasteiger partial charge in [0.15, 0.2) is 0 Å². The fourth-order valence-electron chi connectivity index (χ4n) is 0.344. The van der Waals surface area contributed by atoms with Gasteiger partial charge in [-0.2, -0.15) is 5.26 Å². The summed E-state index contributed by atoms with van der Waals surface area (Å²) in [5, 5.41) is 16.8. The second-order valence-corrected chi connectivity index (χ2v) is 1.53. The Labute approximate surface area is 54.0 Å². The molecule has 0 radical (unpaired) electrons. The molecular formula is C5H10N2O2. The minimum absolute atomic E-state index is 0.113. The van der Waals surface area contributed by atoms with Crippen molar-refractivity contribution in [3.8, 4) is 6.07 Å². The number of hydroxylamine groups is 1. The number of nitrogens with zero attached hydrogens (tertiary/aromatic N) is 1. The highest BCUT2D eigenvalue weighted by molar-refractivity contribution is 4.74. The standard InChI is InChI=1S/C5H10N2O2/c1-7-9-4-5(8)2-3-6/h5,7-8H,2,4H2,1H3/t5-/m1/s1. The van der Waals surface area contributed by atoms with Gasteiger partial charge < -0.3 is 5.11 Å². The molecular weight excluding hydrogens is 120 g/mol. The van der Waals surface area contributed by atoms with E-state index in [4.69, 9.17) is 10.4 Å². The van der Waals surface area contributed by atoms with Crippen LogP contribution in [0, 0.1) is 11.3 Å². The average Bonchev–Trinajstić information content (AvgIpc) is 1.85. The van der Waals surface area contributed by atoms with Gasteiger partial charge in [-0.1, -0.05) is 0 Å². The first-order valence-corrected chi connectivity index (χ1v) is 2.64. The van der Waals surface area contributed by atoms with E-state index in [0.717, 1.165) is 0 Å². The van der Waals surface area contributed by atoms with E-state index in [1.54, 1.807) is 7.05 Å². The number of aliphatic hydroxyl groups is 1. The molecule has 0 aliphatic heterocycles. The topological polar surface area (TPSA) is 65.3 Å². The highest BCUT2D eigenvalue weighted by Crippen LogP contribution is 1.87. The molecule has 2 N–H and O–H groups in total. The Morgan fingerprint density at radius 2 is 2.56 bits per heavy atom. The lowest BCUT2D eigenvalue weighted by Crippen LogP contribution is -2.19. The zero-order valence-corrected chi connectivity index (χ0v) is 5.29. The van der Waals surface area contributed by atoms with Crippen molar-refractivity contribution in [2.75, 3.05) is 13.7 Å². The highest BCUT2D eigenvalue weighted by Gasteiger charge is 2.00. The van der Waals surface area contributed by atoms with E-state index in [0.29, 0.717) is 0 Å². The zero-order valence-electron chi connectivity index (χ0n) is 5.29. The number of nitrogens with one attached hydrogen (secondary N) is 1. The summed E-state index contributed by atoms with van der Waals surface area (Å²) < 4.78 is 0. The van der Waals surface area contributed by atoms with Gasteiger partial charge in [-0.25, -0.2) is 5.48 Å². The molecule has 0 aliphatic carbocycles. The van der Waals surface area contributed by atoms with Crippen LogP contribution in [-0.2, 0) is 4.84 Å². The summed E-state index contributed by atoms with van der Waals surface area (Å²) in [4.78, 5) is 4.60. The maximum Gasteiger partial charge on any atom is 0.0951 e. The van der Waals surface area contributed by atoms with Crippen molar-refractivity contribution >= 4 is 0 Å². The normalized spacial score (nSPS) is 12.6. The van der Waals surface area contributed by atoms with Crippen LogP contribution in [0.1, 0.15) is 6.42 Å². The molecule has 4 heteroatoms. The van der Waals surface area contributed by atoms with Crippen LogP contribution in [0.3, 0.4) is 0 Å². The van der Waals surface area contributed by atoms with Crippen molar-refractivity contribution in [1.29, 1.82) is 5.26 Å². The van der Waals surface area contributed by atoms with Crippen molar-refractivity contribution in [3.05, 3.63) is 0 Å². The van der Waals surface area contributed by atoms with Gasteiger partial charge >= 0.3 is 0 Å². The molecule has 0 bridgehead atoms. The molecule has 0 saturated carbocycles. The Kier molecular flexibility index (Phi) is 5.12. The lowest BCUT2D eigenvalue weighted by molar-refractivity contribution is -0.00694. The number of aliphatic hydroxyl groups excluding tert-OH is 1. The molecule has 4 nitrogen and oxygen atoms in total. The third-order valence-corrected chi connectivity index (χ3v) is 0.747. The monoisotopic (exact) mass is 130 g/mol. The second kappa shape index (κ2) is 5.51. The minimum Gasteiger partial charge on any atom is -0.390 e. The molecule has 0 aliphatic rings. The molecule has 0 aromatic rings. The average molecular weight is 130 g/mol. The molecule has 0 fully saturated rings. The van der Waals surface area contributed by atoms with Gasteiger partial charge in [-0.15, -0.1) is 0 Å². The summed E-state index contributed by atoms with van der Waals surface area (Å²) in [6, 6.07) is 1.82. The largest absolute Gasteiger partial charge is 0.390 e. The van der Waals surface area contributed by atoms with Gasteiger partial charge in [-0.05, 0) is 0 Å². The van der Waals surface area contributed by atoms with E-state index >= 15 is 0 Å². The summed E-state index contributed by atoms with van der Waals surface area (Å²) in [6.45, 7) is 0.157. The Balaban J connectivity index is 3.08. The van der Waals surface area contributed by atoms with E-state index in [1.807, 2.05) is 6.07 Å². The summed E-state index contributed by atoms with van der Waals surface area (Å²) >= 11 is 0. The molecule has 0 spiro atoms. The van der Waals surface area contributed by atoms with E-state index in [9.17, 15) is 0 Å². The van der Waals surface area contributed by atoms with Crippen LogP contribution in [0.4, 0.5) is 0 Å². The van der Waals surface area contributed by atoms with Gasteiger partial charge in [-0.3, -0.25) is 4.84 Å². The van der Waals surface area contributed by atoms with Crippen LogP contribution in [-0.4, -0.2) is 24.9 Å². The summed E-state index contributed by atoms with van der Waals surface area (Å²) in [7, 11) is 1.60. The fourth-order valence-corrected chi connectivity index (χ4v) is 0.344. The van der Waals surface area contributed by atoms with Crippen LogP contribution in [0.2, 0.25) is 0 Å². The van der Waals surface area contributed by atoms with Crippen LogP contribution in [0.5, 0.6) is 0 Å². The number of nitriles is 1. The lowest BCUT2D eigenvalue weighted by Gasteiger charge is -2.04. The second-order valence-electron chi connectivity index (χ2n) is 1.53. The molecule has 0 heterocycles. The number of hydrogen-bond acceptors (Lipinski definition) is 4. The first-order chi connectivity index (χ1) is 4.31. The van der Waals surface area contributed by atoms with Crippen LogP contribution >= 0.6 is 0 Å². The first kappa shape index (κ1) is 8.37. The maximum atomic E-state index is 8.79.